The summed E-state index contributed by atoms with van der Waals surface area (Å²) in [5.41, 5.74) is 11.4. The summed E-state index contributed by atoms with van der Waals surface area (Å²) in [6.45, 7) is 4.83. The maximum Gasteiger partial charge on any atom is 0.107 e. The molecule has 0 atom stereocenters. The Bertz CT molecular complexity index is 721. The summed E-state index contributed by atoms with van der Waals surface area (Å²) in [5, 5.41) is 1.24. The molecule has 2 aromatic heterocycles. The van der Waals surface area contributed by atoms with Crippen molar-refractivity contribution in [3.05, 3.63) is 41.5 Å². The number of aromatic nitrogens is 3. The van der Waals surface area contributed by atoms with Crippen LogP contribution in [0.4, 0.5) is 0 Å². The average Bonchev–Trinajstić information content (AvgIpc) is 2.94. The quantitative estimate of drug-likeness (QED) is 0.672. The highest BCUT2D eigenvalue weighted by molar-refractivity contribution is 5.97. The summed E-state index contributed by atoms with van der Waals surface area (Å²) < 4.78 is 0. The lowest BCUT2D eigenvalue weighted by atomic mass is 10.1. The van der Waals surface area contributed by atoms with Crippen LogP contribution in [0.15, 0.2) is 24.4 Å². The first-order valence-corrected chi connectivity index (χ1v) is 6.53. The molecule has 2 heterocycles. The third-order valence-corrected chi connectivity index (χ3v) is 3.51. The van der Waals surface area contributed by atoms with Crippen molar-refractivity contribution in [3.63, 3.8) is 0 Å². The van der Waals surface area contributed by atoms with Crippen LogP contribution in [0.25, 0.3) is 22.2 Å². The number of nitrogens with two attached hydrogens (primary N) is 1. The molecule has 0 spiro atoms. The highest BCUT2D eigenvalue weighted by Gasteiger charge is 2.13. The fraction of sp³-hybridized carbons (Fsp3) is 0.267. The monoisotopic (exact) mass is 254 g/mol. The number of imidazole rings is 1. The number of aryl methyl sites for hydroxylation is 2. The Balaban J connectivity index is 2.18. The second kappa shape index (κ2) is 4.55. The Hall–Kier alpha value is -2.07. The van der Waals surface area contributed by atoms with Gasteiger partial charge in [-0.25, -0.2) is 4.98 Å². The molecular weight excluding hydrogens is 236 g/mol. The van der Waals surface area contributed by atoms with Crippen molar-refractivity contribution in [2.45, 2.75) is 20.3 Å². The lowest BCUT2D eigenvalue weighted by molar-refractivity contribution is 0.895. The summed E-state index contributed by atoms with van der Waals surface area (Å²) in [5.74, 6) is 0.943. The molecule has 1 aromatic carbocycles. The molecule has 3 rings (SSSR count). The normalized spacial score (nSPS) is 11.3. The second-order valence-corrected chi connectivity index (χ2v) is 4.90. The highest BCUT2D eigenvalue weighted by atomic mass is 14.9. The van der Waals surface area contributed by atoms with Crippen LogP contribution in [0, 0.1) is 13.8 Å². The van der Waals surface area contributed by atoms with Crippen molar-refractivity contribution in [2.75, 3.05) is 6.54 Å². The zero-order valence-electron chi connectivity index (χ0n) is 11.2. The molecule has 4 N–H and O–H groups in total. The minimum Gasteiger partial charge on any atom is -0.358 e. The number of aromatic amines is 2. The van der Waals surface area contributed by atoms with E-state index in [2.05, 4.69) is 47.0 Å². The van der Waals surface area contributed by atoms with Crippen molar-refractivity contribution in [1.29, 1.82) is 0 Å². The average molecular weight is 254 g/mol. The van der Waals surface area contributed by atoms with Gasteiger partial charge in [-0.1, -0.05) is 18.2 Å². The summed E-state index contributed by atoms with van der Waals surface area (Å²) >= 11 is 0. The van der Waals surface area contributed by atoms with Gasteiger partial charge in [0, 0.05) is 28.6 Å². The molecule has 19 heavy (non-hydrogen) atoms. The number of hydrogen-bond donors (Lipinski definition) is 3. The van der Waals surface area contributed by atoms with Gasteiger partial charge in [-0.05, 0) is 26.0 Å². The van der Waals surface area contributed by atoms with Crippen LogP contribution < -0.4 is 5.73 Å². The summed E-state index contributed by atoms with van der Waals surface area (Å²) in [4.78, 5) is 11.2. The van der Waals surface area contributed by atoms with Crippen LogP contribution in [0.2, 0.25) is 0 Å². The van der Waals surface area contributed by atoms with Crippen molar-refractivity contribution in [2.24, 2.45) is 5.73 Å². The summed E-state index contributed by atoms with van der Waals surface area (Å²) in [6, 6.07) is 6.35. The van der Waals surface area contributed by atoms with E-state index in [4.69, 9.17) is 5.73 Å². The van der Waals surface area contributed by atoms with Crippen LogP contribution in [0.1, 0.15) is 17.1 Å². The predicted molar refractivity (Wildman–Crippen MR) is 78.1 cm³/mol. The first kappa shape index (κ1) is 12.0. The zero-order valence-corrected chi connectivity index (χ0v) is 11.2. The number of fused-ring (bicyclic) bond motifs is 1. The summed E-state index contributed by atoms with van der Waals surface area (Å²) in [6.07, 6.45) is 2.67. The topological polar surface area (TPSA) is 70.5 Å². The second-order valence-electron chi connectivity index (χ2n) is 4.90. The summed E-state index contributed by atoms with van der Waals surface area (Å²) in [7, 11) is 0. The van der Waals surface area contributed by atoms with E-state index in [9.17, 15) is 0 Å². The molecule has 3 aromatic rings. The van der Waals surface area contributed by atoms with Gasteiger partial charge in [0.25, 0.3) is 0 Å². The smallest absolute Gasteiger partial charge is 0.107 e. The molecule has 0 aliphatic carbocycles. The Morgan fingerprint density at radius 1 is 1.21 bits per heavy atom. The van der Waals surface area contributed by atoms with Crippen LogP contribution in [0.3, 0.4) is 0 Å². The van der Waals surface area contributed by atoms with E-state index in [1.165, 1.54) is 22.0 Å². The SMILES string of the molecule is Cc1[nH]c2c(C)cccc2c1-c1cnc(CCN)[nH]1. The Morgan fingerprint density at radius 3 is 2.84 bits per heavy atom. The number of nitrogens with zero attached hydrogens (tertiary/aromatic N) is 1. The minimum absolute atomic E-state index is 0.610. The zero-order chi connectivity index (χ0) is 13.4. The Labute approximate surface area is 112 Å². The van der Waals surface area contributed by atoms with Gasteiger partial charge in [-0.3, -0.25) is 0 Å². The highest BCUT2D eigenvalue weighted by Crippen LogP contribution is 2.32. The molecule has 0 saturated heterocycles. The molecule has 0 radical (unpaired) electrons. The standard InChI is InChI=1S/C15H18N4/c1-9-4-3-5-11-14(10(2)18-15(9)11)12-8-17-13(19-12)6-7-16/h3-5,8,18H,6-7,16H2,1-2H3,(H,17,19). The molecule has 4 heteroatoms. The molecule has 0 unspecified atom stereocenters. The van der Waals surface area contributed by atoms with Gasteiger partial charge in [0.15, 0.2) is 0 Å². The van der Waals surface area contributed by atoms with Crippen molar-refractivity contribution in [3.8, 4) is 11.3 Å². The molecule has 0 aliphatic heterocycles. The Kier molecular flexibility index (Phi) is 2.87. The van der Waals surface area contributed by atoms with Crippen LogP contribution in [0.5, 0.6) is 0 Å². The van der Waals surface area contributed by atoms with Gasteiger partial charge in [0.2, 0.25) is 0 Å². The molecule has 0 fully saturated rings. The van der Waals surface area contributed by atoms with Gasteiger partial charge in [-0.15, -0.1) is 0 Å². The molecule has 4 nitrogen and oxygen atoms in total. The van der Waals surface area contributed by atoms with E-state index >= 15 is 0 Å². The van der Waals surface area contributed by atoms with Crippen molar-refractivity contribution < 1.29 is 0 Å². The molecular formula is C15H18N4. The molecule has 0 aliphatic rings. The largest absolute Gasteiger partial charge is 0.358 e. The van der Waals surface area contributed by atoms with Gasteiger partial charge in [0.1, 0.15) is 5.82 Å². The number of para-hydroxylation sites is 1. The first-order valence-electron chi connectivity index (χ1n) is 6.53. The maximum absolute atomic E-state index is 5.56. The number of hydrogen-bond acceptors (Lipinski definition) is 2. The van der Waals surface area contributed by atoms with Gasteiger partial charge in [0.05, 0.1) is 11.9 Å². The molecule has 0 saturated carbocycles. The fourth-order valence-corrected chi connectivity index (χ4v) is 2.59. The number of nitrogens with one attached hydrogen (secondary N) is 2. The fourth-order valence-electron chi connectivity index (χ4n) is 2.59. The van der Waals surface area contributed by atoms with Gasteiger partial charge < -0.3 is 15.7 Å². The van der Waals surface area contributed by atoms with Gasteiger partial charge >= 0.3 is 0 Å². The predicted octanol–water partition coefficient (Wildman–Crippen LogP) is 2.68. The lowest BCUT2D eigenvalue weighted by Crippen LogP contribution is -2.03. The van der Waals surface area contributed by atoms with Crippen LogP contribution in [-0.4, -0.2) is 21.5 Å². The van der Waals surface area contributed by atoms with Crippen LogP contribution >= 0.6 is 0 Å². The van der Waals surface area contributed by atoms with E-state index < -0.39 is 0 Å². The molecule has 0 bridgehead atoms. The number of H-pyrrole nitrogens is 2. The third-order valence-electron chi connectivity index (χ3n) is 3.51. The molecule has 98 valence electrons. The van der Waals surface area contributed by atoms with E-state index in [-0.39, 0.29) is 0 Å². The van der Waals surface area contributed by atoms with E-state index in [0.717, 1.165) is 23.6 Å². The molecule has 0 amide bonds. The number of benzene rings is 1. The van der Waals surface area contributed by atoms with Gasteiger partial charge in [-0.2, -0.15) is 0 Å². The van der Waals surface area contributed by atoms with Crippen LogP contribution in [-0.2, 0) is 6.42 Å². The lowest BCUT2D eigenvalue weighted by Gasteiger charge is -1.99. The van der Waals surface area contributed by atoms with Crippen molar-refractivity contribution in [1.82, 2.24) is 15.0 Å². The number of rotatable bonds is 3. The van der Waals surface area contributed by atoms with E-state index in [1.807, 2.05) is 6.20 Å². The third kappa shape index (κ3) is 1.94. The van der Waals surface area contributed by atoms with E-state index in [1.54, 1.807) is 0 Å². The van der Waals surface area contributed by atoms with E-state index in [0.29, 0.717) is 6.54 Å². The Morgan fingerprint density at radius 2 is 2.05 bits per heavy atom. The first-order chi connectivity index (χ1) is 9.20. The maximum atomic E-state index is 5.56. The van der Waals surface area contributed by atoms with Crippen molar-refractivity contribution >= 4 is 10.9 Å². The minimum atomic E-state index is 0.610.